The topological polar surface area (TPSA) is 72.9 Å². The van der Waals surface area contributed by atoms with Gasteiger partial charge in [-0.3, -0.25) is 4.79 Å². The predicted octanol–water partition coefficient (Wildman–Crippen LogP) is 0.306. The Labute approximate surface area is 119 Å². The van der Waals surface area contributed by atoms with E-state index in [4.69, 9.17) is 5.11 Å². The van der Waals surface area contributed by atoms with E-state index >= 15 is 0 Å². The number of hydrogen-bond acceptors (Lipinski definition) is 3. The van der Waals surface area contributed by atoms with E-state index in [0.29, 0.717) is 6.54 Å². The third kappa shape index (κ3) is 2.49. The number of nitrogens with zero attached hydrogens (tertiary/aromatic N) is 2. The number of hydrogen-bond donors (Lipinski definition) is 2. The van der Waals surface area contributed by atoms with Gasteiger partial charge in [0.15, 0.2) is 0 Å². The van der Waals surface area contributed by atoms with Crippen molar-refractivity contribution >= 4 is 11.9 Å². The summed E-state index contributed by atoms with van der Waals surface area (Å²) < 4.78 is 0. The molecule has 3 rings (SSSR count). The van der Waals surface area contributed by atoms with Crippen LogP contribution in [0.5, 0.6) is 0 Å². The van der Waals surface area contributed by atoms with Crippen LogP contribution in [0.1, 0.15) is 38.5 Å². The SMILES string of the molecule is O=C(NC1CCCCC1)N1CC(=O)N2[C@H](CO)C[C@@H]2C1. The fourth-order valence-electron chi connectivity index (χ4n) is 3.67. The number of fused-ring (bicyclic) bond motifs is 1. The van der Waals surface area contributed by atoms with Gasteiger partial charge in [0.05, 0.1) is 18.7 Å². The molecule has 20 heavy (non-hydrogen) atoms. The summed E-state index contributed by atoms with van der Waals surface area (Å²) >= 11 is 0. The number of aliphatic hydroxyl groups is 1. The summed E-state index contributed by atoms with van der Waals surface area (Å²) in [6.45, 7) is 0.767. The summed E-state index contributed by atoms with van der Waals surface area (Å²) in [4.78, 5) is 27.6. The van der Waals surface area contributed by atoms with E-state index in [1.165, 1.54) is 19.3 Å². The summed E-state index contributed by atoms with van der Waals surface area (Å²) in [5.41, 5.74) is 0. The Morgan fingerprint density at radius 2 is 2.05 bits per heavy atom. The van der Waals surface area contributed by atoms with Gasteiger partial charge in [0, 0.05) is 12.6 Å². The van der Waals surface area contributed by atoms with E-state index < -0.39 is 0 Å². The molecule has 1 aliphatic carbocycles. The van der Waals surface area contributed by atoms with Crippen LogP contribution in [0.3, 0.4) is 0 Å². The molecule has 0 aromatic heterocycles. The van der Waals surface area contributed by atoms with Gasteiger partial charge in [0.25, 0.3) is 0 Å². The van der Waals surface area contributed by atoms with Crippen LogP contribution in [0.25, 0.3) is 0 Å². The Bertz CT molecular complexity index is 395. The number of rotatable bonds is 2. The van der Waals surface area contributed by atoms with Gasteiger partial charge in [0.1, 0.15) is 6.54 Å². The molecule has 0 bridgehead atoms. The zero-order valence-electron chi connectivity index (χ0n) is 11.8. The molecule has 3 amide bonds. The molecule has 6 heteroatoms. The maximum Gasteiger partial charge on any atom is 0.318 e. The highest BCUT2D eigenvalue weighted by Gasteiger charge is 2.46. The molecule has 1 saturated carbocycles. The quantitative estimate of drug-likeness (QED) is 0.765. The van der Waals surface area contributed by atoms with Gasteiger partial charge >= 0.3 is 6.03 Å². The van der Waals surface area contributed by atoms with Crippen molar-refractivity contribution in [2.45, 2.75) is 56.7 Å². The van der Waals surface area contributed by atoms with Gasteiger partial charge in [-0.2, -0.15) is 0 Å². The van der Waals surface area contributed by atoms with Crippen LogP contribution in [0.2, 0.25) is 0 Å². The maximum atomic E-state index is 12.2. The first-order valence-electron chi connectivity index (χ1n) is 7.66. The monoisotopic (exact) mass is 281 g/mol. The van der Waals surface area contributed by atoms with Crippen molar-refractivity contribution in [3.8, 4) is 0 Å². The van der Waals surface area contributed by atoms with Gasteiger partial charge in [-0.05, 0) is 19.3 Å². The Balaban J connectivity index is 1.53. The Morgan fingerprint density at radius 3 is 2.70 bits per heavy atom. The van der Waals surface area contributed by atoms with E-state index in [9.17, 15) is 9.59 Å². The third-order valence-corrected chi connectivity index (χ3v) is 4.81. The van der Waals surface area contributed by atoms with Crippen molar-refractivity contribution in [2.24, 2.45) is 0 Å². The second-order valence-electron chi connectivity index (χ2n) is 6.19. The van der Waals surface area contributed by atoms with Crippen LogP contribution >= 0.6 is 0 Å². The summed E-state index contributed by atoms with van der Waals surface area (Å²) in [5, 5.41) is 12.2. The average molecular weight is 281 g/mol. The highest BCUT2D eigenvalue weighted by atomic mass is 16.3. The number of urea groups is 1. The van der Waals surface area contributed by atoms with Gasteiger partial charge in [-0.15, -0.1) is 0 Å². The van der Waals surface area contributed by atoms with Crippen LogP contribution in [-0.2, 0) is 4.79 Å². The van der Waals surface area contributed by atoms with Crippen molar-refractivity contribution in [3.63, 3.8) is 0 Å². The van der Waals surface area contributed by atoms with Crippen LogP contribution in [-0.4, -0.2) is 64.7 Å². The van der Waals surface area contributed by atoms with Gasteiger partial charge < -0.3 is 20.2 Å². The van der Waals surface area contributed by atoms with Gasteiger partial charge in [-0.1, -0.05) is 19.3 Å². The van der Waals surface area contributed by atoms with Crippen molar-refractivity contribution in [1.29, 1.82) is 0 Å². The Morgan fingerprint density at radius 1 is 1.30 bits per heavy atom. The molecule has 6 nitrogen and oxygen atoms in total. The van der Waals surface area contributed by atoms with Crippen molar-refractivity contribution in [1.82, 2.24) is 15.1 Å². The minimum Gasteiger partial charge on any atom is -0.394 e. The second kappa shape index (κ2) is 5.60. The summed E-state index contributed by atoms with van der Waals surface area (Å²) in [6, 6.07) is 0.245. The second-order valence-corrected chi connectivity index (χ2v) is 6.19. The van der Waals surface area contributed by atoms with Crippen molar-refractivity contribution in [3.05, 3.63) is 0 Å². The van der Waals surface area contributed by atoms with E-state index in [1.54, 1.807) is 9.80 Å². The standard InChI is InChI=1S/C14H23N3O3/c18-9-12-6-11-7-16(8-13(19)17(11)12)14(20)15-10-4-2-1-3-5-10/h10-12,18H,1-9H2,(H,15,20)/t11-,12+/m1/s1. The smallest absolute Gasteiger partial charge is 0.318 e. The van der Waals surface area contributed by atoms with E-state index in [0.717, 1.165) is 19.3 Å². The first-order chi connectivity index (χ1) is 9.69. The number of nitrogens with one attached hydrogen (secondary N) is 1. The maximum absolute atomic E-state index is 12.2. The van der Waals surface area contributed by atoms with Crippen molar-refractivity contribution < 1.29 is 14.7 Å². The first kappa shape index (κ1) is 13.7. The number of carbonyl (C=O) groups excluding carboxylic acids is 2. The largest absolute Gasteiger partial charge is 0.394 e. The number of piperazine rings is 1. The molecule has 2 heterocycles. The molecule has 0 spiro atoms. The molecule has 3 aliphatic rings. The highest BCUT2D eigenvalue weighted by Crippen LogP contribution is 2.29. The Kier molecular flexibility index (Phi) is 3.83. The van der Waals surface area contributed by atoms with E-state index in [-0.39, 0.29) is 43.2 Å². The predicted molar refractivity (Wildman–Crippen MR) is 73.1 cm³/mol. The molecule has 0 unspecified atom stereocenters. The first-order valence-corrected chi connectivity index (χ1v) is 7.66. The molecular formula is C14H23N3O3. The zero-order valence-corrected chi connectivity index (χ0v) is 11.8. The summed E-state index contributed by atoms with van der Waals surface area (Å²) in [5.74, 6) is -0.0367. The lowest BCUT2D eigenvalue weighted by Crippen LogP contribution is -2.70. The number of amides is 3. The lowest BCUT2D eigenvalue weighted by atomic mass is 9.90. The molecule has 112 valence electrons. The molecule has 0 aromatic carbocycles. The fourth-order valence-corrected chi connectivity index (χ4v) is 3.67. The van der Waals surface area contributed by atoms with Crippen LogP contribution < -0.4 is 5.32 Å². The molecule has 2 aliphatic heterocycles. The highest BCUT2D eigenvalue weighted by molar-refractivity contribution is 5.86. The number of aliphatic hydroxyl groups excluding tert-OH is 1. The normalized spacial score (nSPS) is 30.8. The molecule has 2 N–H and O–H groups in total. The summed E-state index contributed by atoms with van der Waals surface area (Å²) in [7, 11) is 0. The van der Waals surface area contributed by atoms with Gasteiger partial charge in [0.2, 0.25) is 5.91 Å². The molecule has 2 saturated heterocycles. The van der Waals surface area contributed by atoms with Gasteiger partial charge in [-0.25, -0.2) is 4.79 Å². The lowest BCUT2D eigenvalue weighted by Gasteiger charge is -2.53. The molecule has 2 atom stereocenters. The fraction of sp³-hybridized carbons (Fsp3) is 0.857. The van der Waals surface area contributed by atoms with Crippen LogP contribution in [0, 0.1) is 0 Å². The average Bonchev–Trinajstić information content (AvgIpc) is 2.41. The number of carbonyl (C=O) groups is 2. The van der Waals surface area contributed by atoms with E-state index in [2.05, 4.69) is 5.32 Å². The zero-order chi connectivity index (χ0) is 14.1. The lowest BCUT2D eigenvalue weighted by molar-refractivity contribution is -0.155. The minimum absolute atomic E-state index is 0.0243. The minimum atomic E-state index is -0.0997. The van der Waals surface area contributed by atoms with Crippen molar-refractivity contribution in [2.75, 3.05) is 19.7 Å². The molecule has 0 radical (unpaired) electrons. The van der Waals surface area contributed by atoms with Crippen LogP contribution in [0.15, 0.2) is 0 Å². The van der Waals surface area contributed by atoms with E-state index in [1.807, 2.05) is 0 Å². The third-order valence-electron chi connectivity index (χ3n) is 4.81. The molecular weight excluding hydrogens is 258 g/mol. The molecule has 0 aromatic rings. The summed E-state index contributed by atoms with van der Waals surface area (Å²) in [6.07, 6.45) is 6.52. The molecule has 3 fully saturated rings. The Hall–Kier alpha value is -1.30. The van der Waals surface area contributed by atoms with Crippen LogP contribution in [0.4, 0.5) is 4.79 Å².